The molecule has 0 aromatic heterocycles. The summed E-state index contributed by atoms with van der Waals surface area (Å²) in [5.41, 5.74) is 0. The zero-order chi connectivity index (χ0) is 45.7. The molecule has 62 heavy (non-hydrogen) atoms. The SMILES string of the molecule is CC/C=C\C/C=C\C/C=C\CCCCCCCC(=O)OC(COC(=O)CCCCCCCCCCCCC/C=C\CCCCCCCCCC)COP(=O)(O)OCC[N+](C)(C)C. The molecule has 0 saturated heterocycles. The van der Waals surface area contributed by atoms with E-state index in [1.807, 2.05) is 21.1 Å². The summed E-state index contributed by atoms with van der Waals surface area (Å²) in [6.45, 7) is 4.31. The Hall–Kier alpha value is -2.03. The lowest BCUT2D eigenvalue weighted by Gasteiger charge is -2.24. The molecule has 0 amide bonds. The third-order valence-electron chi connectivity index (χ3n) is 10.8. The number of phosphoric ester groups is 1. The van der Waals surface area contributed by atoms with E-state index in [9.17, 15) is 19.0 Å². The van der Waals surface area contributed by atoms with Crippen molar-refractivity contribution in [1.29, 1.82) is 0 Å². The minimum absolute atomic E-state index is 0.0271. The highest BCUT2D eigenvalue weighted by Crippen LogP contribution is 2.43. The van der Waals surface area contributed by atoms with Gasteiger partial charge in [0.25, 0.3) is 0 Å². The number of quaternary nitrogens is 1. The zero-order valence-corrected chi connectivity index (χ0v) is 41.7. The van der Waals surface area contributed by atoms with Gasteiger partial charge in [-0.05, 0) is 70.6 Å². The van der Waals surface area contributed by atoms with Crippen LogP contribution in [0.5, 0.6) is 0 Å². The van der Waals surface area contributed by atoms with Gasteiger partial charge in [0.2, 0.25) is 0 Å². The number of phosphoric acid groups is 1. The van der Waals surface area contributed by atoms with Crippen LogP contribution in [-0.4, -0.2) is 74.9 Å². The van der Waals surface area contributed by atoms with Gasteiger partial charge in [0.05, 0.1) is 27.7 Å². The average molecular weight is 895 g/mol. The third kappa shape index (κ3) is 47.4. The fourth-order valence-electron chi connectivity index (χ4n) is 6.91. The Morgan fingerprint density at radius 1 is 0.516 bits per heavy atom. The first-order valence-electron chi connectivity index (χ1n) is 25.4. The first-order chi connectivity index (χ1) is 30.0. The van der Waals surface area contributed by atoms with E-state index in [0.29, 0.717) is 17.4 Å². The van der Waals surface area contributed by atoms with Gasteiger partial charge in [0.15, 0.2) is 6.10 Å². The Balaban J connectivity index is 4.22. The lowest BCUT2D eigenvalue weighted by molar-refractivity contribution is -0.870. The zero-order valence-electron chi connectivity index (χ0n) is 40.9. The molecule has 0 aliphatic rings. The first kappa shape index (κ1) is 60.0. The summed E-state index contributed by atoms with van der Waals surface area (Å²) in [6.07, 6.45) is 53.1. The van der Waals surface area contributed by atoms with Crippen molar-refractivity contribution in [1.82, 2.24) is 0 Å². The number of nitrogens with zero attached hydrogens (tertiary/aromatic N) is 1. The predicted molar refractivity (Wildman–Crippen MR) is 261 cm³/mol. The number of hydrogen-bond acceptors (Lipinski definition) is 7. The van der Waals surface area contributed by atoms with Crippen LogP contribution in [0.15, 0.2) is 48.6 Å². The predicted octanol–water partition coefficient (Wildman–Crippen LogP) is 15.0. The molecular weight excluding hydrogens is 798 g/mol. The molecule has 10 heteroatoms. The number of hydrogen-bond donors (Lipinski definition) is 1. The van der Waals surface area contributed by atoms with Crippen molar-refractivity contribution in [2.45, 2.75) is 225 Å². The lowest BCUT2D eigenvalue weighted by atomic mass is 10.0. The minimum atomic E-state index is -4.38. The minimum Gasteiger partial charge on any atom is -0.462 e. The average Bonchev–Trinajstić information content (AvgIpc) is 3.23. The van der Waals surface area contributed by atoms with Crippen molar-refractivity contribution < 1.29 is 42.1 Å². The van der Waals surface area contributed by atoms with Crippen LogP contribution >= 0.6 is 7.82 Å². The van der Waals surface area contributed by atoms with Gasteiger partial charge in [-0.1, -0.05) is 184 Å². The molecule has 0 bridgehead atoms. The van der Waals surface area contributed by atoms with Crippen LogP contribution in [0.25, 0.3) is 0 Å². The second-order valence-electron chi connectivity index (χ2n) is 18.2. The van der Waals surface area contributed by atoms with Crippen molar-refractivity contribution in [2.24, 2.45) is 0 Å². The van der Waals surface area contributed by atoms with Gasteiger partial charge in [-0.15, -0.1) is 0 Å². The summed E-state index contributed by atoms with van der Waals surface area (Å²) < 4.78 is 34.4. The van der Waals surface area contributed by atoms with Crippen molar-refractivity contribution in [2.75, 3.05) is 47.5 Å². The molecule has 9 nitrogen and oxygen atoms in total. The number of unbranched alkanes of at least 4 members (excludes halogenated alkanes) is 24. The van der Waals surface area contributed by atoms with Gasteiger partial charge in [0, 0.05) is 12.8 Å². The van der Waals surface area contributed by atoms with E-state index in [1.54, 1.807) is 0 Å². The van der Waals surface area contributed by atoms with E-state index < -0.39 is 26.5 Å². The fraction of sp³-hybridized carbons (Fsp3) is 0.808. The van der Waals surface area contributed by atoms with Crippen LogP contribution in [0.3, 0.4) is 0 Å². The third-order valence-corrected chi connectivity index (χ3v) is 11.8. The Bertz CT molecular complexity index is 1190. The monoisotopic (exact) mass is 895 g/mol. The highest BCUT2D eigenvalue weighted by molar-refractivity contribution is 7.47. The lowest BCUT2D eigenvalue weighted by Crippen LogP contribution is -2.37. The number of carbonyl (C=O) groups excluding carboxylic acids is 2. The smallest absolute Gasteiger partial charge is 0.462 e. The van der Waals surface area contributed by atoms with Crippen molar-refractivity contribution in [3.63, 3.8) is 0 Å². The second-order valence-corrected chi connectivity index (χ2v) is 19.6. The highest BCUT2D eigenvalue weighted by Gasteiger charge is 2.27. The summed E-state index contributed by atoms with van der Waals surface area (Å²) in [5, 5.41) is 0. The Morgan fingerprint density at radius 3 is 1.39 bits per heavy atom. The fourth-order valence-corrected chi connectivity index (χ4v) is 7.65. The van der Waals surface area contributed by atoms with Crippen molar-refractivity contribution >= 4 is 19.8 Å². The molecule has 0 aromatic rings. The van der Waals surface area contributed by atoms with E-state index >= 15 is 0 Å². The van der Waals surface area contributed by atoms with Crippen LogP contribution < -0.4 is 0 Å². The van der Waals surface area contributed by atoms with Crippen LogP contribution in [0.1, 0.15) is 219 Å². The molecule has 0 radical (unpaired) electrons. The maximum atomic E-state index is 12.7. The largest absolute Gasteiger partial charge is 0.472 e. The Morgan fingerprint density at radius 2 is 0.919 bits per heavy atom. The number of ether oxygens (including phenoxy) is 2. The van der Waals surface area contributed by atoms with Crippen molar-refractivity contribution in [3.05, 3.63) is 48.6 Å². The first-order valence-corrected chi connectivity index (χ1v) is 26.9. The quantitative estimate of drug-likeness (QED) is 0.0212. The molecule has 0 aliphatic carbocycles. The molecule has 362 valence electrons. The van der Waals surface area contributed by atoms with Gasteiger partial charge in [-0.25, -0.2) is 4.57 Å². The summed E-state index contributed by atoms with van der Waals surface area (Å²) in [7, 11) is 1.46. The van der Waals surface area contributed by atoms with Crippen molar-refractivity contribution in [3.8, 4) is 0 Å². The molecule has 1 N–H and O–H groups in total. The van der Waals surface area contributed by atoms with Crippen LogP contribution in [0.2, 0.25) is 0 Å². The summed E-state index contributed by atoms with van der Waals surface area (Å²) in [5.74, 6) is -0.815. The maximum absolute atomic E-state index is 12.7. The molecule has 0 fully saturated rings. The van der Waals surface area contributed by atoms with Crippen LogP contribution in [-0.2, 0) is 32.7 Å². The highest BCUT2D eigenvalue weighted by atomic mass is 31.2. The molecule has 2 unspecified atom stereocenters. The molecule has 0 aliphatic heterocycles. The molecule has 0 heterocycles. The van der Waals surface area contributed by atoms with E-state index in [4.69, 9.17) is 18.5 Å². The van der Waals surface area contributed by atoms with Crippen LogP contribution in [0.4, 0.5) is 0 Å². The maximum Gasteiger partial charge on any atom is 0.472 e. The van der Waals surface area contributed by atoms with Gasteiger partial charge in [-0.3, -0.25) is 18.6 Å². The standard InChI is InChI=1S/C52H96NO8P/c1-6-8-10-12-14-16-18-20-22-23-24-25-26-27-28-29-31-32-34-36-38-40-42-44-51(54)58-48-50(49-60-62(56,57)59-47-46-53(3,4)5)61-52(55)45-43-41-39-37-35-33-30-21-19-17-15-13-11-9-7-2/h9,11,15,17,21,23-24,30,50H,6-8,10,12-14,16,18-20,22,25-29,31-49H2,1-5H3/p+1/b11-9-,17-15-,24-23-,30-21-. The van der Waals surface area contributed by atoms with E-state index in [-0.39, 0.29) is 32.0 Å². The van der Waals surface area contributed by atoms with Crippen LogP contribution in [0, 0.1) is 0 Å². The number of allylic oxidation sites excluding steroid dienone is 8. The number of carbonyl (C=O) groups is 2. The molecule has 0 aromatic carbocycles. The van der Waals surface area contributed by atoms with E-state index in [1.165, 1.54) is 116 Å². The van der Waals surface area contributed by atoms with Gasteiger partial charge >= 0.3 is 19.8 Å². The Kier molecular flexibility index (Phi) is 42.7. The number of esters is 2. The van der Waals surface area contributed by atoms with E-state index in [0.717, 1.165) is 70.6 Å². The molecular formula is C52H97NO8P+. The van der Waals surface area contributed by atoms with Gasteiger partial charge in [-0.2, -0.15) is 0 Å². The van der Waals surface area contributed by atoms with E-state index in [2.05, 4.69) is 62.5 Å². The summed E-state index contributed by atoms with van der Waals surface area (Å²) in [4.78, 5) is 35.5. The number of rotatable bonds is 46. The molecule has 0 rings (SSSR count). The number of likely N-dealkylation sites (N-methyl/N-ethyl adjacent to an activating group) is 1. The Labute approximate surface area is 382 Å². The normalized spacial score (nSPS) is 13.8. The molecule has 2 atom stereocenters. The topological polar surface area (TPSA) is 108 Å². The summed E-state index contributed by atoms with van der Waals surface area (Å²) in [6, 6.07) is 0. The summed E-state index contributed by atoms with van der Waals surface area (Å²) >= 11 is 0. The second kappa shape index (κ2) is 44.2. The molecule has 0 saturated carbocycles. The molecule has 0 spiro atoms. The van der Waals surface area contributed by atoms with Gasteiger partial charge in [0.1, 0.15) is 19.8 Å². The van der Waals surface area contributed by atoms with Gasteiger partial charge < -0.3 is 18.9 Å².